The molecule has 0 N–H and O–H groups in total. The number of hydrogen-bond acceptors (Lipinski definition) is 4. The molecule has 0 unspecified atom stereocenters. The maximum atomic E-state index is 13.1. The minimum atomic E-state index is -0.141. The van der Waals surface area contributed by atoms with Gasteiger partial charge in [-0.15, -0.1) is 0 Å². The highest BCUT2D eigenvalue weighted by Gasteiger charge is 2.35. The van der Waals surface area contributed by atoms with Gasteiger partial charge in [0.05, 0.1) is 11.1 Å². The summed E-state index contributed by atoms with van der Waals surface area (Å²) in [6, 6.07) is 14.6. The van der Waals surface area contributed by atoms with Gasteiger partial charge in [0.1, 0.15) is 18.2 Å². The Morgan fingerprint density at radius 2 is 1.88 bits per heavy atom. The molecule has 0 bridgehead atoms. The van der Waals surface area contributed by atoms with Crippen LogP contribution in [0.15, 0.2) is 54.3 Å². The molecule has 162 valence electrons. The largest absolute Gasteiger partial charge is 0.478 e. The van der Waals surface area contributed by atoms with Crippen LogP contribution in [0.1, 0.15) is 32.6 Å². The van der Waals surface area contributed by atoms with Crippen LogP contribution in [-0.4, -0.2) is 17.4 Å². The first kappa shape index (κ1) is 21.4. The molecule has 0 saturated heterocycles. The first-order valence-electron chi connectivity index (χ1n) is 10.0. The zero-order chi connectivity index (χ0) is 22.4. The zero-order valence-corrected chi connectivity index (χ0v) is 19.4. The summed E-state index contributed by atoms with van der Waals surface area (Å²) in [5.41, 5.74) is 4.00. The molecular formula is C25H18Cl3NO3. The Labute approximate surface area is 200 Å². The third-order valence-electron chi connectivity index (χ3n) is 5.54. The van der Waals surface area contributed by atoms with Crippen LogP contribution in [-0.2, 0) is 13.1 Å². The maximum Gasteiger partial charge on any atom is 0.232 e. The van der Waals surface area contributed by atoms with Crippen molar-refractivity contribution in [3.8, 4) is 11.5 Å². The van der Waals surface area contributed by atoms with Crippen LogP contribution < -0.4 is 9.47 Å². The summed E-state index contributed by atoms with van der Waals surface area (Å²) in [5, 5.41) is 1.80. The smallest absolute Gasteiger partial charge is 0.232 e. The van der Waals surface area contributed by atoms with Gasteiger partial charge in [-0.2, -0.15) is 0 Å². The van der Waals surface area contributed by atoms with Gasteiger partial charge in [-0.3, -0.25) is 9.69 Å². The van der Waals surface area contributed by atoms with Crippen molar-refractivity contribution in [1.29, 1.82) is 0 Å². The molecule has 0 aromatic heterocycles. The van der Waals surface area contributed by atoms with Crippen LogP contribution in [0.2, 0.25) is 15.1 Å². The van der Waals surface area contributed by atoms with E-state index in [1.54, 1.807) is 24.3 Å². The van der Waals surface area contributed by atoms with Gasteiger partial charge in [0, 0.05) is 28.2 Å². The molecule has 4 nitrogen and oxygen atoms in total. The lowest BCUT2D eigenvalue weighted by molar-refractivity contribution is 0.0872. The number of benzene rings is 3. The van der Waals surface area contributed by atoms with E-state index >= 15 is 0 Å². The number of nitrogens with zero attached hydrogens (tertiary/aromatic N) is 1. The fraction of sp³-hybridized carbons (Fsp3) is 0.160. The molecule has 7 heteroatoms. The number of hydrogen-bond donors (Lipinski definition) is 0. The highest BCUT2D eigenvalue weighted by atomic mass is 35.5. The minimum absolute atomic E-state index is 0.141. The summed E-state index contributed by atoms with van der Waals surface area (Å²) in [6.45, 7) is 3.45. The van der Waals surface area contributed by atoms with E-state index in [0.29, 0.717) is 46.2 Å². The number of rotatable bonds is 3. The lowest BCUT2D eigenvalue weighted by Gasteiger charge is -2.30. The minimum Gasteiger partial charge on any atom is -0.478 e. The summed E-state index contributed by atoms with van der Waals surface area (Å²) in [6.07, 6.45) is 1.72. The summed E-state index contributed by atoms with van der Waals surface area (Å²) in [7, 11) is 0. The third kappa shape index (κ3) is 4.00. The molecule has 2 aliphatic rings. The Hall–Kier alpha value is -2.50. The SMILES string of the molecule is Cc1cc2c(c3c1C(=O)/C(=C/c1cccc(Cl)c1)O3)CN(Cc1ccc(Cl)cc1Cl)CO2. The van der Waals surface area contributed by atoms with Crippen LogP contribution in [0.4, 0.5) is 0 Å². The summed E-state index contributed by atoms with van der Waals surface area (Å²) >= 11 is 18.5. The van der Waals surface area contributed by atoms with Gasteiger partial charge in [-0.05, 0) is 60.0 Å². The molecule has 2 heterocycles. The van der Waals surface area contributed by atoms with Crippen molar-refractivity contribution in [2.45, 2.75) is 20.0 Å². The van der Waals surface area contributed by atoms with Crippen LogP contribution in [0.25, 0.3) is 6.08 Å². The number of carbonyl (C=O) groups is 1. The van der Waals surface area contributed by atoms with E-state index in [2.05, 4.69) is 4.90 Å². The summed E-state index contributed by atoms with van der Waals surface area (Å²) < 4.78 is 12.1. The van der Waals surface area contributed by atoms with E-state index in [-0.39, 0.29) is 11.5 Å². The fourth-order valence-electron chi connectivity index (χ4n) is 4.02. The van der Waals surface area contributed by atoms with E-state index in [1.807, 2.05) is 37.3 Å². The van der Waals surface area contributed by atoms with E-state index < -0.39 is 0 Å². The van der Waals surface area contributed by atoms with Crippen LogP contribution in [0, 0.1) is 6.92 Å². The van der Waals surface area contributed by atoms with Crippen molar-refractivity contribution in [2.75, 3.05) is 6.73 Å². The van der Waals surface area contributed by atoms with Crippen molar-refractivity contribution < 1.29 is 14.3 Å². The van der Waals surface area contributed by atoms with Gasteiger partial charge in [-0.1, -0.05) is 53.0 Å². The third-order valence-corrected chi connectivity index (χ3v) is 6.37. The average Bonchev–Trinajstić information content (AvgIpc) is 3.07. The van der Waals surface area contributed by atoms with Gasteiger partial charge >= 0.3 is 0 Å². The zero-order valence-electron chi connectivity index (χ0n) is 17.1. The van der Waals surface area contributed by atoms with Crippen molar-refractivity contribution >= 4 is 46.7 Å². The lowest BCUT2D eigenvalue weighted by atomic mass is 9.98. The highest BCUT2D eigenvalue weighted by molar-refractivity contribution is 6.35. The van der Waals surface area contributed by atoms with E-state index in [1.165, 1.54) is 0 Å². The molecule has 32 heavy (non-hydrogen) atoms. The van der Waals surface area contributed by atoms with Crippen LogP contribution in [0.3, 0.4) is 0 Å². The van der Waals surface area contributed by atoms with E-state index in [4.69, 9.17) is 44.3 Å². The fourth-order valence-corrected chi connectivity index (χ4v) is 4.68. The number of Topliss-reactive ketones (excluding diaryl/α,β-unsaturated/α-hetero) is 1. The monoisotopic (exact) mass is 485 g/mol. The lowest BCUT2D eigenvalue weighted by Crippen LogP contribution is -2.32. The molecule has 0 saturated carbocycles. The Bertz CT molecular complexity index is 1290. The number of fused-ring (bicyclic) bond motifs is 3. The standard InChI is InChI=1S/C25H18Cl3NO3/c1-14-7-21-19(12-29(13-31-21)11-16-5-6-18(27)10-20(16)28)25-23(14)24(30)22(32-25)9-15-3-2-4-17(26)8-15/h2-10H,11-13H2,1H3/b22-9-. The first-order valence-corrected chi connectivity index (χ1v) is 11.2. The predicted molar refractivity (Wildman–Crippen MR) is 127 cm³/mol. The molecule has 0 fully saturated rings. The number of aryl methyl sites for hydroxylation is 1. The van der Waals surface area contributed by atoms with Gasteiger partial charge < -0.3 is 9.47 Å². The number of carbonyl (C=O) groups excluding carboxylic acids is 1. The number of allylic oxidation sites excluding steroid dienone is 1. The molecule has 3 aromatic rings. The van der Waals surface area contributed by atoms with Crippen molar-refractivity contribution in [3.05, 3.63) is 97.2 Å². The average molecular weight is 487 g/mol. The molecule has 0 aliphatic carbocycles. The number of halogens is 3. The van der Waals surface area contributed by atoms with Gasteiger partial charge in [0.15, 0.2) is 5.76 Å². The number of ether oxygens (including phenoxy) is 2. The Kier molecular flexibility index (Phi) is 5.64. The second-order valence-electron chi connectivity index (χ2n) is 7.87. The summed E-state index contributed by atoms with van der Waals surface area (Å²) in [4.78, 5) is 15.2. The molecular weight excluding hydrogens is 469 g/mol. The van der Waals surface area contributed by atoms with E-state index in [0.717, 1.165) is 28.0 Å². The van der Waals surface area contributed by atoms with Gasteiger partial charge in [-0.25, -0.2) is 0 Å². The Morgan fingerprint density at radius 3 is 2.66 bits per heavy atom. The van der Waals surface area contributed by atoms with Gasteiger partial charge in [0.25, 0.3) is 0 Å². The highest BCUT2D eigenvalue weighted by Crippen LogP contribution is 2.44. The second-order valence-corrected chi connectivity index (χ2v) is 9.15. The molecule has 2 aliphatic heterocycles. The van der Waals surface area contributed by atoms with Crippen molar-refractivity contribution in [3.63, 3.8) is 0 Å². The van der Waals surface area contributed by atoms with Crippen LogP contribution in [0.5, 0.6) is 11.5 Å². The molecule has 5 rings (SSSR count). The molecule has 3 aromatic carbocycles. The topological polar surface area (TPSA) is 38.8 Å². The van der Waals surface area contributed by atoms with Crippen molar-refractivity contribution in [1.82, 2.24) is 4.90 Å². The summed E-state index contributed by atoms with van der Waals surface area (Å²) in [5.74, 6) is 1.43. The van der Waals surface area contributed by atoms with Gasteiger partial charge in [0.2, 0.25) is 5.78 Å². The predicted octanol–water partition coefficient (Wildman–Crippen LogP) is 6.92. The quantitative estimate of drug-likeness (QED) is 0.377. The molecule has 0 spiro atoms. The second kappa shape index (κ2) is 8.45. The normalized spacial score (nSPS) is 16.5. The van der Waals surface area contributed by atoms with Crippen LogP contribution >= 0.6 is 34.8 Å². The first-order chi connectivity index (χ1) is 15.4. The molecule has 0 amide bonds. The van der Waals surface area contributed by atoms with E-state index in [9.17, 15) is 4.79 Å². The Morgan fingerprint density at radius 1 is 1.06 bits per heavy atom. The molecule has 0 radical (unpaired) electrons. The molecule has 0 atom stereocenters. The Balaban J connectivity index is 1.46. The maximum absolute atomic E-state index is 13.1. The van der Waals surface area contributed by atoms with Crippen molar-refractivity contribution in [2.24, 2.45) is 0 Å². The number of ketones is 1.